The summed E-state index contributed by atoms with van der Waals surface area (Å²) in [6.45, 7) is 0. The second-order valence-electron chi connectivity index (χ2n) is 3.62. The molecule has 0 fully saturated rings. The first-order chi connectivity index (χ1) is 8.99. The molecular weight excluding hydrogens is 291 g/mol. The van der Waals surface area contributed by atoms with E-state index in [1.54, 1.807) is 0 Å². The van der Waals surface area contributed by atoms with Crippen molar-refractivity contribution in [3.05, 3.63) is 67.9 Å². The Kier molecular flexibility index (Phi) is 3.78. The molecule has 0 aliphatic carbocycles. The van der Waals surface area contributed by atoms with Crippen molar-refractivity contribution in [2.75, 3.05) is 0 Å². The van der Waals surface area contributed by atoms with Crippen LogP contribution in [0.4, 0.5) is 5.69 Å². The molecule has 0 saturated carbocycles. The Labute approximate surface area is 117 Å². The first-order valence-electron chi connectivity index (χ1n) is 5.09. The van der Waals surface area contributed by atoms with Crippen molar-refractivity contribution in [1.29, 1.82) is 0 Å². The number of ketones is 1. The minimum Gasteiger partial charge on any atom is -0.288 e. The molecule has 1 aromatic heterocycles. The van der Waals surface area contributed by atoms with Crippen LogP contribution in [0.1, 0.15) is 15.9 Å². The van der Waals surface area contributed by atoms with E-state index in [-0.39, 0.29) is 27.0 Å². The van der Waals surface area contributed by atoms with Crippen LogP contribution < -0.4 is 0 Å². The van der Waals surface area contributed by atoms with Crippen LogP contribution in [0.2, 0.25) is 10.2 Å². The summed E-state index contributed by atoms with van der Waals surface area (Å²) in [6, 6.07) is 6.69. The van der Waals surface area contributed by atoms with E-state index in [1.165, 1.54) is 36.5 Å². The molecule has 0 bridgehead atoms. The molecule has 2 aromatic rings. The largest absolute Gasteiger partial charge is 0.288 e. The van der Waals surface area contributed by atoms with Gasteiger partial charge in [-0.15, -0.1) is 0 Å². The van der Waals surface area contributed by atoms with Gasteiger partial charge in [0.25, 0.3) is 5.69 Å². The second kappa shape index (κ2) is 5.34. The number of benzene rings is 1. The molecule has 19 heavy (non-hydrogen) atoms. The molecule has 1 heterocycles. The molecule has 0 spiro atoms. The Bertz CT molecular complexity index is 657. The maximum absolute atomic E-state index is 12.2. The van der Waals surface area contributed by atoms with E-state index in [1.807, 2.05) is 0 Å². The predicted molar refractivity (Wildman–Crippen MR) is 70.8 cm³/mol. The van der Waals surface area contributed by atoms with Gasteiger partial charge in [-0.25, -0.2) is 4.98 Å². The maximum Gasteiger partial charge on any atom is 0.280 e. The van der Waals surface area contributed by atoms with Gasteiger partial charge in [0.15, 0.2) is 0 Å². The summed E-state index contributed by atoms with van der Waals surface area (Å²) in [6.07, 6.45) is 1.26. The summed E-state index contributed by atoms with van der Waals surface area (Å²) >= 11 is 11.4. The lowest BCUT2D eigenvalue weighted by molar-refractivity contribution is -0.385. The van der Waals surface area contributed by atoms with Crippen molar-refractivity contribution in [1.82, 2.24) is 4.98 Å². The third kappa shape index (κ3) is 2.89. The SMILES string of the molecule is O=C(c1ccc(Cl)nc1)c1cc(Cl)ccc1[N+](=O)[O-]. The lowest BCUT2D eigenvalue weighted by atomic mass is 10.0. The predicted octanol–water partition coefficient (Wildman–Crippen LogP) is 3.53. The molecule has 0 radical (unpaired) electrons. The van der Waals surface area contributed by atoms with Gasteiger partial charge < -0.3 is 0 Å². The molecule has 96 valence electrons. The lowest BCUT2D eigenvalue weighted by Crippen LogP contribution is -2.05. The van der Waals surface area contributed by atoms with Crippen LogP contribution in [-0.4, -0.2) is 15.7 Å². The smallest absolute Gasteiger partial charge is 0.280 e. The first kappa shape index (κ1) is 13.5. The quantitative estimate of drug-likeness (QED) is 0.376. The highest BCUT2D eigenvalue weighted by Gasteiger charge is 2.21. The summed E-state index contributed by atoms with van der Waals surface area (Å²) < 4.78 is 0. The number of aromatic nitrogens is 1. The van der Waals surface area contributed by atoms with Gasteiger partial charge in [-0.1, -0.05) is 23.2 Å². The van der Waals surface area contributed by atoms with Gasteiger partial charge in [0.1, 0.15) is 10.7 Å². The van der Waals surface area contributed by atoms with Gasteiger partial charge >= 0.3 is 0 Å². The Hall–Kier alpha value is -1.98. The maximum atomic E-state index is 12.2. The average molecular weight is 297 g/mol. The van der Waals surface area contributed by atoms with Gasteiger partial charge in [0, 0.05) is 22.8 Å². The molecule has 0 N–H and O–H groups in total. The van der Waals surface area contributed by atoms with Gasteiger partial charge in [0.05, 0.1) is 4.92 Å². The number of nitro groups is 1. The number of halogens is 2. The highest BCUT2D eigenvalue weighted by atomic mass is 35.5. The summed E-state index contributed by atoms with van der Waals surface area (Å²) in [5.74, 6) is -0.529. The monoisotopic (exact) mass is 296 g/mol. The summed E-state index contributed by atoms with van der Waals surface area (Å²) in [7, 11) is 0. The third-order valence-electron chi connectivity index (χ3n) is 2.39. The van der Waals surface area contributed by atoms with Gasteiger partial charge in [-0.2, -0.15) is 0 Å². The van der Waals surface area contributed by atoms with E-state index in [2.05, 4.69) is 4.98 Å². The summed E-state index contributed by atoms with van der Waals surface area (Å²) in [4.78, 5) is 26.2. The van der Waals surface area contributed by atoms with E-state index in [0.717, 1.165) is 0 Å². The number of hydrogen-bond donors (Lipinski definition) is 0. The van der Waals surface area contributed by atoms with Crippen molar-refractivity contribution in [2.24, 2.45) is 0 Å². The molecule has 0 amide bonds. The topological polar surface area (TPSA) is 73.1 Å². The van der Waals surface area contributed by atoms with Crippen molar-refractivity contribution in [2.45, 2.75) is 0 Å². The van der Waals surface area contributed by atoms with Crippen molar-refractivity contribution in [3.63, 3.8) is 0 Å². The molecule has 0 aliphatic heterocycles. The number of nitrogens with zero attached hydrogens (tertiary/aromatic N) is 2. The number of carbonyl (C=O) groups is 1. The fourth-order valence-corrected chi connectivity index (χ4v) is 1.80. The molecule has 2 rings (SSSR count). The summed E-state index contributed by atoms with van der Waals surface area (Å²) in [5.41, 5.74) is -0.180. The highest BCUT2D eigenvalue weighted by molar-refractivity contribution is 6.31. The average Bonchev–Trinajstić information content (AvgIpc) is 2.38. The van der Waals surface area contributed by atoms with Crippen molar-refractivity contribution >= 4 is 34.7 Å². The van der Waals surface area contributed by atoms with Crippen molar-refractivity contribution < 1.29 is 9.72 Å². The minimum absolute atomic E-state index is 0.0818. The Morgan fingerprint density at radius 3 is 2.53 bits per heavy atom. The number of nitro benzene ring substituents is 1. The molecule has 0 aliphatic rings. The van der Waals surface area contributed by atoms with Crippen LogP contribution >= 0.6 is 23.2 Å². The normalized spacial score (nSPS) is 10.2. The van der Waals surface area contributed by atoms with E-state index >= 15 is 0 Å². The van der Waals surface area contributed by atoms with Gasteiger partial charge in [0.2, 0.25) is 5.78 Å². The van der Waals surface area contributed by atoms with Gasteiger partial charge in [-0.05, 0) is 24.3 Å². The summed E-state index contributed by atoms with van der Waals surface area (Å²) in [5, 5.41) is 11.4. The van der Waals surface area contributed by atoms with Crippen LogP contribution in [0.3, 0.4) is 0 Å². The van der Waals surface area contributed by atoms with Crippen LogP contribution in [0.15, 0.2) is 36.5 Å². The van der Waals surface area contributed by atoms with Crippen molar-refractivity contribution in [3.8, 4) is 0 Å². The number of carbonyl (C=O) groups excluding carboxylic acids is 1. The van der Waals surface area contributed by atoms with E-state index in [0.29, 0.717) is 0 Å². The zero-order valence-corrected chi connectivity index (χ0v) is 10.9. The van der Waals surface area contributed by atoms with E-state index in [4.69, 9.17) is 23.2 Å². The minimum atomic E-state index is -0.632. The van der Waals surface area contributed by atoms with Crippen LogP contribution in [-0.2, 0) is 0 Å². The first-order valence-corrected chi connectivity index (χ1v) is 5.85. The second-order valence-corrected chi connectivity index (χ2v) is 4.44. The van der Waals surface area contributed by atoms with E-state index < -0.39 is 10.7 Å². The molecule has 0 unspecified atom stereocenters. The zero-order chi connectivity index (χ0) is 14.0. The fraction of sp³-hybridized carbons (Fsp3) is 0. The highest BCUT2D eigenvalue weighted by Crippen LogP contribution is 2.25. The fourth-order valence-electron chi connectivity index (χ4n) is 1.51. The lowest BCUT2D eigenvalue weighted by Gasteiger charge is -2.03. The molecule has 0 atom stereocenters. The Balaban J connectivity index is 2.51. The zero-order valence-electron chi connectivity index (χ0n) is 9.34. The number of hydrogen-bond acceptors (Lipinski definition) is 4. The standard InChI is InChI=1S/C12H6Cl2N2O3/c13-8-2-3-10(16(18)19)9(5-8)12(17)7-1-4-11(14)15-6-7/h1-6H. The van der Waals surface area contributed by atoms with Crippen LogP contribution in [0.5, 0.6) is 0 Å². The van der Waals surface area contributed by atoms with E-state index in [9.17, 15) is 14.9 Å². The molecule has 7 heteroatoms. The molecule has 5 nitrogen and oxygen atoms in total. The Morgan fingerprint density at radius 2 is 1.95 bits per heavy atom. The van der Waals surface area contributed by atoms with Gasteiger partial charge in [-0.3, -0.25) is 14.9 Å². The number of pyridine rings is 1. The number of rotatable bonds is 3. The molecule has 0 saturated heterocycles. The third-order valence-corrected chi connectivity index (χ3v) is 2.85. The molecule has 1 aromatic carbocycles. The Morgan fingerprint density at radius 1 is 1.21 bits per heavy atom. The molecular formula is C12H6Cl2N2O3. The van der Waals surface area contributed by atoms with Crippen LogP contribution in [0, 0.1) is 10.1 Å². The van der Waals surface area contributed by atoms with Crippen LogP contribution in [0.25, 0.3) is 0 Å².